The Labute approximate surface area is 160 Å². The van der Waals surface area contributed by atoms with Gasteiger partial charge in [-0.25, -0.2) is 9.97 Å². The minimum Gasteiger partial charge on any atom is -0.457 e. The summed E-state index contributed by atoms with van der Waals surface area (Å²) in [4.78, 5) is 10.7. The maximum atomic E-state index is 5.81. The van der Waals surface area contributed by atoms with Crippen LogP contribution in [0.4, 0.5) is 17.3 Å². The van der Waals surface area contributed by atoms with E-state index in [1.807, 2.05) is 60.7 Å². The first-order chi connectivity index (χ1) is 13.2. The zero-order chi connectivity index (χ0) is 18.9. The van der Waals surface area contributed by atoms with Crippen LogP contribution in [0.2, 0.25) is 0 Å². The normalized spacial score (nSPS) is 10.6. The SMILES string of the molecule is CN(C)CCCNc1cc(Nc2ccc(Oc3ccccc3)cc2)ncn1. The summed E-state index contributed by atoms with van der Waals surface area (Å²) in [7, 11) is 4.14. The molecule has 6 heteroatoms. The largest absolute Gasteiger partial charge is 0.457 e. The molecule has 0 amide bonds. The lowest BCUT2D eigenvalue weighted by atomic mass is 10.3. The number of rotatable bonds is 9. The van der Waals surface area contributed by atoms with E-state index >= 15 is 0 Å². The second kappa shape index (κ2) is 9.54. The smallest absolute Gasteiger partial charge is 0.135 e. The lowest BCUT2D eigenvalue weighted by Gasteiger charge is -2.11. The van der Waals surface area contributed by atoms with Gasteiger partial charge in [-0.15, -0.1) is 0 Å². The number of para-hydroxylation sites is 1. The van der Waals surface area contributed by atoms with Crippen LogP contribution < -0.4 is 15.4 Å². The third kappa shape index (κ3) is 6.27. The number of benzene rings is 2. The average molecular weight is 363 g/mol. The predicted molar refractivity (Wildman–Crippen MR) is 110 cm³/mol. The molecule has 6 nitrogen and oxygen atoms in total. The van der Waals surface area contributed by atoms with Gasteiger partial charge in [0.25, 0.3) is 0 Å². The second-order valence-corrected chi connectivity index (χ2v) is 6.44. The van der Waals surface area contributed by atoms with E-state index in [4.69, 9.17) is 4.74 Å². The molecule has 0 fully saturated rings. The van der Waals surface area contributed by atoms with E-state index in [-0.39, 0.29) is 0 Å². The molecule has 0 atom stereocenters. The van der Waals surface area contributed by atoms with Crippen molar-refractivity contribution in [2.24, 2.45) is 0 Å². The maximum absolute atomic E-state index is 5.81. The molecule has 0 bridgehead atoms. The van der Waals surface area contributed by atoms with Crippen LogP contribution in [-0.4, -0.2) is 42.1 Å². The van der Waals surface area contributed by atoms with Crippen LogP contribution in [0.15, 0.2) is 67.0 Å². The Balaban J connectivity index is 1.54. The number of hydrogen-bond acceptors (Lipinski definition) is 6. The summed E-state index contributed by atoms with van der Waals surface area (Å²) in [5, 5.41) is 6.61. The summed E-state index contributed by atoms with van der Waals surface area (Å²) in [6.07, 6.45) is 2.62. The molecule has 27 heavy (non-hydrogen) atoms. The molecule has 3 aromatic rings. The molecular weight excluding hydrogens is 338 g/mol. The Morgan fingerprint density at radius 3 is 2.33 bits per heavy atom. The molecule has 0 aliphatic rings. The van der Waals surface area contributed by atoms with E-state index in [0.29, 0.717) is 0 Å². The summed E-state index contributed by atoms with van der Waals surface area (Å²) < 4.78 is 5.81. The number of ether oxygens (including phenoxy) is 1. The highest BCUT2D eigenvalue weighted by molar-refractivity contribution is 5.59. The molecule has 0 aliphatic carbocycles. The lowest BCUT2D eigenvalue weighted by molar-refractivity contribution is 0.405. The second-order valence-electron chi connectivity index (χ2n) is 6.44. The van der Waals surface area contributed by atoms with Crippen LogP contribution in [0.1, 0.15) is 6.42 Å². The maximum Gasteiger partial charge on any atom is 0.135 e. The number of nitrogens with zero attached hydrogens (tertiary/aromatic N) is 3. The standard InChI is InChI=1S/C21H25N5O/c1-26(2)14-6-13-22-20-15-21(24-16-23-20)25-17-9-11-19(12-10-17)27-18-7-4-3-5-8-18/h3-5,7-12,15-16H,6,13-14H2,1-2H3,(H2,22,23,24,25). The molecule has 140 valence electrons. The average Bonchev–Trinajstić information content (AvgIpc) is 2.68. The van der Waals surface area contributed by atoms with Gasteiger partial charge in [0.05, 0.1) is 0 Å². The van der Waals surface area contributed by atoms with Crippen molar-refractivity contribution in [3.63, 3.8) is 0 Å². The fourth-order valence-electron chi connectivity index (χ4n) is 2.51. The van der Waals surface area contributed by atoms with Crippen LogP contribution in [0.25, 0.3) is 0 Å². The Hall–Kier alpha value is -3.12. The highest BCUT2D eigenvalue weighted by Gasteiger charge is 2.01. The number of aromatic nitrogens is 2. The molecule has 1 aromatic heterocycles. The van der Waals surface area contributed by atoms with Crippen LogP contribution in [0.5, 0.6) is 11.5 Å². The van der Waals surface area contributed by atoms with E-state index in [0.717, 1.165) is 48.3 Å². The van der Waals surface area contributed by atoms with E-state index < -0.39 is 0 Å². The molecule has 0 aliphatic heterocycles. The van der Waals surface area contributed by atoms with Crippen LogP contribution in [0, 0.1) is 0 Å². The molecule has 0 saturated carbocycles. The van der Waals surface area contributed by atoms with Crippen molar-refractivity contribution in [1.29, 1.82) is 0 Å². The van der Waals surface area contributed by atoms with Gasteiger partial charge in [-0.05, 0) is 63.5 Å². The Morgan fingerprint density at radius 2 is 1.59 bits per heavy atom. The molecule has 0 saturated heterocycles. The molecule has 0 unspecified atom stereocenters. The minimum atomic E-state index is 0.747. The number of anilines is 3. The van der Waals surface area contributed by atoms with Crippen molar-refractivity contribution < 1.29 is 4.74 Å². The fourth-order valence-corrected chi connectivity index (χ4v) is 2.51. The third-order valence-electron chi connectivity index (χ3n) is 3.86. The van der Waals surface area contributed by atoms with Gasteiger partial charge >= 0.3 is 0 Å². The predicted octanol–water partition coefficient (Wildman–Crippen LogP) is 4.38. The number of hydrogen-bond donors (Lipinski definition) is 2. The Bertz CT molecular complexity index is 821. The molecule has 0 spiro atoms. The Kier molecular flexibility index (Phi) is 6.60. The highest BCUT2D eigenvalue weighted by Crippen LogP contribution is 2.24. The quantitative estimate of drug-likeness (QED) is 0.550. The van der Waals surface area contributed by atoms with Crippen LogP contribution >= 0.6 is 0 Å². The molecule has 2 N–H and O–H groups in total. The summed E-state index contributed by atoms with van der Waals surface area (Å²) in [5.41, 5.74) is 0.938. The van der Waals surface area contributed by atoms with Gasteiger partial charge in [0.15, 0.2) is 0 Å². The van der Waals surface area contributed by atoms with E-state index in [1.165, 1.54) is 0 Å². The van der Waals surface area contributed by atoms with Crippen molar-refractivity contribution in [1.82, 2.24) is 14.9 Å². The van der Waals surface area contributed by atoms with Crippen molar-refractivity contribution in [3.8, 4) is 11.5 Å². The summed E-state index contributed by atoms with van der Waals surface area (Å²) >= 11 is 0. The van der Waals surface area contributed by atoms with Crippen molar-refractivity contribution in [3.05, 3.63) is 67.0 Å². The lowest BCUT2D eigenvalue weighted by Crippen LogP contribution is -2.16. The van der Waals surface area contributed by atoms with Gasteiger partial charge in [0.2, 0.25) is 0 Å². The minimum absolute atomic E-state index is 0.747. The van der Waals surface area contributed by atoms with Gasteiger partial charge in [0, 0.05) is 18.3 Å². The zero-order valence-electron chi connectivity index (χ0n) is 15.7. The van der Waals surface area contributed by atoms with Crippen molar-refractivity contribution in [2.45, 2.75) is 6.42 Å². The first-order valence-corrected chi connectivity index (χ1v) is 9.00. The van der Waals surface area contributed by atoms with E-state index in [1.54, 1.807) is 6.33 Å². The first-order valence-electron chi connectivity index (χ1n) is 9.00. The highest BCUT2D eigenvalue weighted by atomic mass is 16.5. The van der Waals surface area contributed by atoms with Crippen molar-refractivity contribution in [2.75, 3.05) is 37.8 Å². The summed E-state index contributed by atoms with van der Waals surface area (Å²) in [5.74, 6) is 3.17. The molecular formula is C21H25N5O. The molecule has 3 rings (SSSR count). The summed E-state index contributed by atoms with van der Waals surface area (Å²) in [6.45, 7) is 1.92. The van der Waals surface area contributed by atoms with E-state index in [9.17, 15) is 0 Å². The van der Waals surface area contributed by atoms with Crippen molar-refractivity contribution >= 4 is 17.3 Å². The summed E-state index contributed by atoms with van der Waals surface area (Å²) in [6, 6.07) is 19.4. The molecule has 1 heterocycles. The topological polar surface area (TPSA) is 62.3 Å². The van der Waals surface area contributed by atoms with Crippen LogP contribution in [0.3, 0.4) is 0 Å². The monoisotopic (exact) mass is 363 g/mol. The van der Waals surface area contributed by atoms with Gasteiger partial charge in [-0.3, -0.25) is 0 Å². The molecule has 0 radical (unpaired) electrons. The Morgan fingerprint density at radius 1 is 0.889 bits per heavy atom. The van der Waals surface area contributed by atoms with Gasteiger partial charge in [0.1, 0.15) is 29.5 Å². The molecule has 2 aromatic carbocycles. The van der Waals surface area contributed by atoms with Gasteiger partial charge < -0.3 is 20.3 Å². The first kappa shape index (κ1) is 18.7. The fraction of sp³-hybridized carbons (Fsp3) is 0.238. The number of nitrogens with one attached hydrogen (secondary N) is 2. The third-order valence-corrected chi connectivity index (χ3v) is 3.86. The van der Waals surface area contributed by atoms with Gasteiger partial charge in [-0.1, -0.05) is 18.2 Å². The zero-order valence-corrected chi connectivity index (χ0v) is 15.7. The van der Waals surface area contributed by atoms with E-state index in [2.05, 4.69) is 39.6 Å². The van der Waals surface area contributed by atoms with Crippen LogP contribution in [-0.2, 0) is 0 Å². The van der Waals surface area contributed by atoms with Gasteiger partial charge in [-0.2, -0.15) is 0 Å².